The normalized spacial score (nSPS) is 13.9. The highest BCUT2D eigenvalue weighted by Crippen LogP contribution is 2.31. The minimum absolute atomic E-state index is 0.0382. The van der Waals surface area contributed by atoms with Crippen molar-refractivity contribution < 1.29 is 17.9 Å². The van der Waals surface area contributed by atoms with Crippen molar-refractivity contribution in [3.63, 3.8) is 0 Å². The van der Waals surface area contributed by atoms with Crippen LogP contribution in [-0.2, 0) is 21.2 Å². The van der Waals surface area contributed by atoms with Gasteiger partial charge in [-0.2, -0.15) is 0 Å². The lowest BCUT2D eigenvalue weighted by Gasteiger charge is -2.28. The molecule has 0 unspecified atom stereocenters. The number of methoxy groups -OCH3 is 1. The first-order valence-electron chi connectivity index (χ1n) is 7.99. The zero-order chi connectivity index (χ0) is 18.0. The maximum atomic E-state index is 12.7. The summed E-state index contributed by atoms with van der Waals surface area (Å²) < 4.78 is 33.2. The summed E-state index contributed by atoms with van der Waals surface area (Å²) in [6.07, 6.45) is 1.56. The lowest BCUT2D eigenvalue weighted by Crippen LogP contribution is -2.33. The molecule has 1 aliphatic heterocycles. The van der Waals surface area contributed by atoms with Crippen LogP contribution in [0.3, 0.4) is 0 Å². The molecule has 1 heterocycles. The Morgan fingerprint density at radius 2 is 1.96 bits per heavy atom. The molecule has 0 atom stereocenters. The highest BCUT2D eigenvalue weighted by Gasteiger charge is 2.23. The number of amides is 1. The van der Waals surface area contributed by atoms with Crippen LogP contribution in [0.15, 0.2) is 47.4 Å². The molecule has 1 amide bonds. The quantitative estimate of drug-likeness (QED) is 0.910. The summed E-state index contributed by atoms with van der Waals surface area (Å²) >= 11 is 0. The Kier molecular flexibility index (Phi) is 4.67. The van der Waals surface area contributed by atoms with Crippen molar-refractivity contribution in [2.75, 3.05) is 23.3 Å². The molecule has 0 spiro atoms. The number of benzene rings is 2. The van der Waals surface area contributed by atoms with Crippen LogP contribution in [0.1, 0.15) is 18.9 Å². The number of sulfonamides is 1. The van der Waals surface area contributed by atoms with Crippen LogP contribution in [0, 0.1) is 0 Å². The average molecular weight is 360 g/mol. The number of hydrogen-bond donors (Lipinski definition) is 1. The predicted octanol–water partition coefficient (Wildman–Crippen LogP) is 2.80. The fourth-order valence-corrected chi connectivity index (χ4v) is 4.12. The summed E-state index contributed by atoms with van der Waals surface area (Å²) in [6.45, 7) is 2.18. The first-order valence-corrected chi connectivity index (χ1v) is 9.47. The van der Waals surface area contributed by atoms with Gasteiger partial charge in [0.05, 0.1) is 17.7 Å². The third-order valence-corrected chi connectivity index (χ3v) is 5.57. The molecule has 2 aromatic rings. The van der Waals surface area contributed by atoms with E-state index in [2.05, 4.69) is 4.72 Å². The predicted molar refractivity (Wildman–Crippen MR) is 96.6 cm³/mol. The van der Waals surface area contributed by atoms with E-state index in [1.54, 1.807) is 41.3 Å². The number of carbonyl (C=O) groups excluding carboxylic acids is 1. The van der Waals surface area contributed by atoms with E-state index in [1.165, 1.54) is 20.1 Å². The zero-order valence-electron chi connectivity index (χ0n) is 14.2. The van der Waals surface area contributed by atoms with Gasteiger partial charge in [0.1, 0.15) is 5.75 Å². The van der Waals surface area contributed by atoms with Crippen LogP contribution in [0.25, 0.3) is 0 Å². The van der Waals surface area contributed by atoms with Gasteiger partial charge in [-0.3, -0.25) is 9.52 Å². The highest BCUT2D eigenvalue weighted by molar-refractivity contribution is 7.92. The molecule has 132 valence electrons. The second-order valence-electron chi connectivity index (χ2n) is 5.87. The van der Waals surface area contributed by atoms with Gasteiger partial charge in [0.25, 0.3) is 10.0 Å². The van der Waals surface area contributed by atoms with Crippen molar-refractivity contribution in [1.29, 1.82) is 0 Å². The van der Waals surface area contributed by atoms with Gasteiger partial charge in [0.2, 0.25) is 5.91 Å². The number of ether oxygens (including phenoxy) is 1. The fourth-order valence-electron chi connectivity index (χ4n) is 3.00. The smallest absolute Gasteiger partial charge is 0.262 e. The maximum Gasteiger partial charge on any atom is 0.262 e. The standard InChI is InChI=1S/C18H20N2O4S/c1-13(21)20-11-5-6-14-12-15(9-10-17(14)20)25(22,23)19-16-7-3-4-8-18(16)24-2/h3-4,7-10,12,19H,5-6,11H2,1-2H3. The summed E-state index contributed by atoms with van der Waals surface area (Å²) in [7, 11) is -2.26. The van der Waals surface area contributed by atoms with Crippen LogP contribution in [0.5, 0.6) is 5.75 Å². The SMILES string of the molecule is COc1ccccc1NS(=O)(=O)c1ccc2c(c1)CCCN2C(C)=O. The van der Waals surface area contributed by atoms with Crippen molar-refractivity contribution in [3.05, 3.63) is 48.0 Å². The van der Waals surface area contributed by atoms with Crippen LogP contribution in [0.2, 0.25) is 0 Å². The first kappa shape index (κ1) is 17.3. The molecule has 3 rings (SSSR count). The monoisotopic (exact) mass is 360 g/mol. The number of para-hydroxylation sites is 2. The van der Waals surface area contributed by atoms with Crippen molar-refractivity contribution >= 4 is 27.3 Å². The molecule has 7 heteroatoms. The van der Waals surface area contributed by atoms with E-state index >= 15 is 0 Å². The van der Waals surface area contributed by atoms with Crippen molar-refractivity contribution in [2.45, 2.75) is 24.7 Å². The molecule has 0 radical (unpaired) electrons. The molecular formula is C18H20N2O4S. The lowest BCUT2D eigenvalue weighted by atomic mass is 10.0. The Morgan fingerprint density at radius 3 is 2.68 bits per heavy atom. The zero-order valence-corrected chi connectivity index (χ0v) is 15.0. The number of nitrogens with zero attached hydrogens (tertiary/aromatic N) is 1. The van der Waals surface area contributed by atoms with E-state index in [4.69, 9.17) is 4.74 Å². The molecule has 25 heavy (non-hydrogen) atoms. The van der Waals surface area contributed by atoms with Gasteiger partial charge in [0, 0.05) is 19.2 Å². The highest BCUT2D eigenvalue weighted by atomic mass is 32.2. The van der Waals surface area contributed by atoms with Crippen molar-refractivity contribution in [2.24, 2.45) is 0 Å². The third kappa shape index (κ3) is 3.46. The molecule has 0 bridgehead atoms. The van der Waals surface area contributed by atoms with E-state index in [0.29, 0.717) is 18.0 Å². The molecule has 0 fully saturated rings. The summed E-state index contributed by atoms with van der Waals surface area (Å²) in [5.74, 6) is 0.412. The topological polar surface area (TPSA) is 75.7 Å². The summed E-state index contributed by atoms with van der Waals surface area (Å²) in [6, 6.07) is 11.7. The van der Waals surface area contributed by atoms with E-state index in [1.807, 2.05) is 0 Å². The minimum atomic E-state index is -3.75. The molecule has 1 aliphatic rings. The van der Waals surface area contributed by atoms with Gasteiger partial charge in [-0.25, -0.2) is 8.42 Å². The third-order valence-electron chi connectivity index (χ3n) is 4.21. The Balaban J connectivity index is 1.95. The lowest BCUT2D eigenvalue weighted by molar-refractivity contribution is -0.116. The van der Waals surface area contributed by atoms with E-state index in [0.717, 1.165) is 24.1 Å². The second-order valence-corrected chi connectivity index (χ2v) is 7.55. The Morgan fingerprint density at radius 1 is 1.20 bits per heavy atom. The molecule has 2 aromatic carbocycles. The van der Waals surface area contributed by atoms with Gasteiger partial charge >= 0.3 is 0 Å². The Hall–Kier alpha value is -2.54. The van der Waals surface area contributed by atoms with Gasteiger partial charge in [-0.1, -0.05) is 12.1 Å². The van der Waals surface area contributed by atoms with Crippen molar-refractivity contribution in [3.8, 4) is 5.75 Å². The van der Waals surface area contributed by atoms with Gasteiger partial charge in [0.15, 0.2) is 0 Å². The molecule has 6 nitrogen and oxygen atoms in total. The minimum Gasteiger partial charge on any atom is -0.495 e. The van der Waals surface area contributed by atoms with Gasteiger partial charge in [-0.15, -0.1) is 0 Å². The number of anilines is 2. The average Bonchev–Trinajstić information content (AvgIpc) is 2.60. The Bertz CT molecular complexity index is 909. The van der Waals surface area contributed by atoms with Crippen LogP contribution in [0.4, 0.5) is 11.4 Å². The molecular weight excluding hydrogens is 340 g/mol. The second kappa shape index (κ2) is 6.76. The number of aryl methyl sites for hydroxylation is 1. The summed E-state index contributed by atoms with van der Waals surface area (Å²) in [5.41, 5.74) is 2.03. The van der Waals surface area contributed by atoms with Crippen LogP contribution < -0.4 is 14.4 Å². The Labute approximate surface area is 147 Å². The molecule has 1 N–H and O–H groups in total. The van der Waals surface area contributed by atoms with Crippen LogP contribution >= 0.6 is 0 Å². The molecule has 0 aliphatic carbocycles. The van der Waals surface area contributed by atoms with E-state index < -0.39 is 10.0 Å². The molecule has 0 saturated carbocycles. The fraction of sp³-hybridized carbons (Fsp3) is 0.278. The number of fused-ring (bicyclic) bond motifs is 1. The molecule has 0 aromatic heterocycles. The van der Waals surface area contributed by atoms with Gasteiger partial charge in [-0.05, 0) is 48.7 Å². The maximum absolute atomic E-state index is 12.7. The van der Waals surface area contributed by atoms with Crippen LogP contribution in [-0.4, -0.2) is 28.0 Å². The number of carbonyl (C=O) groups is 1. The summed E-state index contributed by atoms with van der Waals surface area (Å²) in [5, 5.41) is 0. The number of hydrogen-bond acceptors (Lipinski definition) is 4. The van der Waals surface area contributed by atoms with Gasteiger partial charge < -0.3 is 9.64 Å². The first-order chi connectivity index (χ1) is 11.9. The number of nitrogens with one attached hydrogen (secondary N) is 1. The van der Waals surface area contributed by atoms with Crippen molar-refractivity contribution in [1.82, 2.24) is 0 Å². The number of rotatable bonds is 4. The van der Waals surface area contributed by atoms with E-state index in [-0.39, 0.29) is 10.8 Å². The summed E-state index contributed by atoms with van der Waals surface area (Å²) in [4.78, 5) is 13.6. The largest absolute Gasteiger partial charge is 0.495 e. The van der Waals surface area contributed by atoms with E-state index in [9.17, 15) is 13.2 Å². The molecule has 0 saturated heterocycles.